The highest BCUT2D eigenvalue weighted by atomic mass is 19.3. The summed E-state index contributed by atoms with van der Waals surface area (Å²) in [5.41, 5.74) is 2.19. The average Bonchev–Trinajstić information content (AvgIpc) is 2.86. The number of unbranched alkanes of at least 4 members (excludes halogenated alkanes) is 2. The van der Waals surface area contributed by atoms with Crippen molar-refractivity contribution in [2.75, 3.05) is 4.90 Å². The van der Waals surface area contributed by atoms with Gasteiger partial charge in [0, 0.05) is 18.8 Å². The maximum absolute atomic E-state index is 14.2. The summed E-state index contributed by atoms with van der Waals surface area (Å²) in [6, 6.07) is 20.6. The van der Waals surface area contributed by atoms with Gasteiger partial charge in [-0.05, 0) is 53.3 Å². The molecule has 188 valence electrons. The molecule has 1 atom stereocenters. The highest BCUT2D eigenvalue weighted by molar-refractivity contribution is 6.16. The number of nitrogens with zero attached hydrogens (tertiary/aromatic N) is 1. The summed E-state index contributed by atoms with van der Waals surface area (Å²) in [7, 11) is 0. The molecule has 3 aromatic rings. The van der Waals surface area contributed by atoms with Crippen molar-refractivity contribution >= 4 is 34.1 Å². The monoisotopic (exact) mass is 491 g/mol. The van der Waals surface area contributed by atoms with Gasteiger partial charge in [-0.25, -0.2) is 0 Å². The molecule has 0 radical (unpaired) electrons. The van der Waals surface area contributed by atoms with E-state index in [2.05, 4.69) is 6.92 Å². The smallest absolute Gasteiger partial charge is 0.293 e. The zero-order valence-electron chi connectivity index (χ0n) is 20.5. The zero-order valence-corrected chi connectivity index (χ0v) is 20.5. The van der Waals surface area contributed by atoms with Crippen LogP contribution in [0.15, 0.2) is 66.7 Å². The van der Waals surface area contributed by atoms with E-state index in [1.807, 2.05) is 54.6 Å². The first kappa shape index (κ1) is 25.7. The van der Waals surface area contributed by atoms with Gasteiger partial charge in [-0.15, -0.1) is 0 Å². The van der Waals surface area contributed by atoms with Crippen LogP contribution in [0.25, 0.3) is 10.8 Å². The van der Waals surface area contributed by atoms with E-state index in [4.69, 9.17) is 0 Å². The largest absolute Gasteiger partial charge is 0.306 e. The maximum atomic E-state index is 14.2. The third-order valence-electron chi connectivity index (χ3n) is 6.88. The molecule has 1 aliphatic carbocycles. The Hall–Kier alpha value is -3.41. The Kier molecular flexibility index (Phi) is 7.92. The summed E-state index contributed by atoms with van der Waals surface area (Å²) in [6.45, 7) is 2.14. The van der Waals surface area contributed by atoms with Crippen molar-refractivity contribution in [1.82, 2.24) is 0 Å². The first-order valence-electron chi connectivity index (χ1n) is 12.6. The lowest BCUT2D eigenvalue weighted by Gasteiger charge is -2.31. The molecular formula is C30H31F2NO3. The highest BCUT2D eigenvalue weighted by Crippen LogP contribution is 2.36. The van der Waals surface area contributed by atoms with Crippen LogP contribution in [0.4, 0.5) is 14.5 Å². The van der Waals surface area contributed by atoms with Crippen LogP contribution in [0.1, 0.15) is 56.6 Å². The van der Waals surface area contributed by atoms with Crippen LogP contribution < -0.4 is 4.90 Å². The number of carbonyl (C=O) groups excluding carboxylic acids is 3. The van der Waals surface area contributed by atoms with Gasteiger partial charge in [-0.1, -0.05) is 74.4 Å². The van der Waals surface area contributed by atoms with E-state index < -0.39 is 35.9 Å². The number of hydrogen-bond acceptors (Lipinski definition) is 3. The predicted octanol–water partition coefficient (Wildman–Crippen LogP) is 6.68. The van der Waals surface area contributed by atoms with Crippen molar-refractivity contribution in [3.8, 4) is 0 Å². The number of carbonyl (C=O) groups is 3. The highest BCUT2D eigenvalue weighted by Gasteiger charge is 2.47. The molecule has 36 heavy (non-hydrogen) atoms. The van der Waals surface area contributed by atoms with Crippen molar-refractivity contribution in [2.45, 2.75) is 64.2 Å². The fourth-order valence-electron chi connectivity index (χ4n) is 4.79. The molecule has 1 fully saturated rings. The van der Waals surface area contributed by atoms with Crippen molar-refractivity contribution in [3.05, 3.63) is 77.9 Å². The molecule has 1 saturated carbocycles. The molecule has 6 heteroatoms. The van der Waals surface area contributed by atoms with E-state index in [-0.39, 0.29) is 19.3 Å². The molecule has 4 rings (SSSR count). The van der Waals surface area contributed by atoms with Crippen molar-refractivity contribution in [1.29, 1.82) is 0 Å². The zero-order chi connectivity index (χ0) is 25.7. The number of rotatable bonds is 8. The number of imide groups is 1. The molecule has 3 aromatic carbocycles. The van der Waals surface area contributed by atoms with Crippen LogP contribution in [0.5, 0.6) is 0 Å². The first-order chi connectivity index (χ1) is 17.3. The van der Waals surface area contributed by atoms with Gasteiger partial charge in [0.05, 0.1) is 12.1 Å². The number of anilines is 1. The van der Waals surface area contributed by atoms with Crippen molar-refractivity contribution < 1.29 is 23.2 Å². The van der Waals surface area contributed by atoms with Gasteiger partial charge in [-0.3, -0.25) is 19.3 Å². The first-order valence-corrected chi connectivity index (χ1v) is 12.6. The van der Waals surface area contributed by atoms with Crippen LogP contribution in [-0.2, 0) is 27.2 Å². The molecule has 0 aliphatic heterocycles. The predicted molar refractivity (Wildman–Crippen MR) is 137 cm³/mol. The fraction of sp³-hybridized carbons (Fsp3) is 0.367. The minimum absolute atomic E-state index is 0.0160. The number of fused-ring (bicyclic) bond motifs is 1. The van der Waals surface area contributed by atoms with E-state index in [0.717, 1.165) is 52.5 Å². The molecule has 0 bridgehead atoms. The summed E-state index contributed by atoms with van der Waals surface area (Å²) >= 11 is 0. The third-order valence-corrected chi connectivity index (χ3v) is 6.88. The van der Waals surface area contributed by atoms with Crippen LogP contribution in [0.3, 0.4) is 0 Å². The number of ketones is 1. The number of aryl methyl sites for hydroxylation is 1. The van der Waals surface area contributed by atoms with E-state index in [0.29, 0.717) is 5.69 Å². The summed E-state index contributed by atoms with van der Waals surface area (Å²) < 4.78 is 28.3. The molecule has 0 N–H and O–H groups in total. The average molecular weight is 492 g/mol. The number of amides is 2. The minimum Gasteiger partial charge on any atom is -0.293 e. The number of Topliss-reactive ketones (excluding diaryl/α,β-unsaturated/α-hetero) is 1. The molecule has 1 aliphatic rings. The van der Waals surface area contributed by atoms with Gasteiger partial charge >= 0.3 is 5.92 Å². The van der Waals surface area contributed by atoms with Crippen LogP contribution in [-0.4, -0.2) is 23.5 Å². The second-order valence-corrected chi connectivity index (χ2v) is 9.62. The second kappa shape index (κ2) is 11.1. The molecule has 0 heterocycles. The van der Waals surface area contributed by atoms with Gasteiger partial charge in [-0.2, -0.15) is 8.78 Å². The lowest BCUT2D eigenvalue weighted by molar-refractivity contribution is -0.152. The SMILES string of the molecule is CCCCCc1ccc(N(C(=O)Cc2ccc3ccccc3c2)C(=O)C2CCC(=O)C(F)(F)C2)cc1. The Labute approximate surface area is 210 Å². The lowest BCUT2D eigenvalue weighted by atomic mass is 9.84. The third kappa shape index (κ3) is 5.86. The Morgan fingerprint density at radius 3 is 2.33 bits per heavy atom. The van der Waals surface area contributed by atoms with E-state index >= 15 is 0 Å². The fourth-order valence-corrected chi connectivity index (χ4v) is 4.79. The quantitative estimate of drug-likeness (QED) is 0.330. The molecular weight excluding hydrogens is 460 g/mol. The lowest BCUT2D eigenvalue weighted by Crippen LogP contribution is -2.47. The normalized spacial score (nSPS) is 17.2. The van der Waals surface area contributed by atoms with Gasteiger partial charge in [0.1, 0.15) is 0 Å². The van der Waals surface area contributed by atoms with E-state index in [9.17, 15) is 23.2 Å². The van der Waals surface area contributed by atoms with Gasteiger partial charge in [0.15, 0.2) is 0 Å². The molecule has 0 spiro atoms. The van der Waals surface area contributed by atoms with E-state index in [1.54, 1.807) is 12.1 Å². The number of benzene rings is 3. The second-order valence-electron chi connectivity index (χ2n) is 9.62. The van der Waals surface area contributed by atoms with Gasteiger partial charge < -0.3 is 0 Å². The molecule has 0 saturated heterocycles. The molecule has 4 nitrogen and oxygen atoms in total. The summed E-state index contributed by atoms with van der Waals surface area (Å²) in [4.78, 5) is 39.7. The standard InChI is InChI=1S/C30H31F2NO3/c1-2-3-4-7-21-11-15-26(16-12-21)33(29(36)25-14-17-27(34)30(31,32)20-25)28(35)19-22-10-13-23-8-5-6-9-24(23)18-22/h5-6,8-13,15-16,18,25H,2-4,7,14,17,19-20H2,1H3. The summed E-state index contributed by atoms with van der Waals surface area (Å²) in [6.07, 6.45) is 2.91. The number of halogens is 2. The Bertz CT molecular complexity index is 1250. The number of hydrogen-bond donors (Lipinski definition) is 0. The van der Waals surface area contributed by atoms with Gasteiger partial charge in [0.2, 0.25) is 17.6 Å². The van der Waals surface area contributed by atoms with Crippen molar-refractivity contribution in [3.63, 3.8) is 0 Å². The Balaban J connectivity index is 1.60. The Morgan fingerprint density at radius 1 is 0.944 bits per heavy atom. The van der Waals surface area contributed by atoms with E-state index in [1.165, 1.54) is 0 Å². The molecule has 2 amide bonds. The van der Waals surface area contributed by atoms with Crippen LogP contribution in [0, 0.1) is 5.92 Å². The topological polar surface area (TPSA) is 54.5 Å². The summed E-state index contributed by atoms with van der Waals surface area (Å²) in [5.74, 6) is -6.94. The Morgan fingerprint density at radius 2 is 1.64 bits per heavy atom. The van der Waals surface area contributed by atoms with Gasteiger partial charge in [0.25, 0.3) is 0 Å². The van der Waals surface area contributed by atoms with Crippen LogP contribution >= 0.6 is 0 Å². The summed E-state index contributed by atoms with van der Waals surface area (Å²) in [5, 5.41) is 2.01. The molecule has 1 unspecified atom stereocenters. The number of alkyl halides is 2. The van der Waals surface area contributed by atoms with Crippen molar-refractivity contribution in [2.24, 2.45) is 5.92 Å². The molecule has 0 aromatic heterocycles. The maximum Gasteiger partial charge on any atom is 0.306 e. The van der Waals surface area contributed by atoms with Crippen LogP contribution in [0.2, 0.25) is 0 Å². The minimum atomic E-state index is -3.55.